The number of hydroxylamine groups is 3. The summed E-state index contributed by atoms with van der Waals surface area (Å²) in [4.78, 5) is 45.6. The number of rotatable bonds is 9. The lowest BCUT2D eigenvalue weighted by Crippen LogP contribution is -2.39. The summed E-state index contributed by atoms with van der Waals surface area (Å²) in [6.45, 7) is 4.58. The van der Waals surface area contributed by atoms with Crippen LogP contribution in [-0.4, -0.2) is 35.9 Å². The van der Waals surface area contributed by atoms with Gasteiger partial charge in [0.2, 0.25) is 11.8 Å². The molecule has 0 saturated carbocycles. The second kappa shape index (κ2) is 10.7. The summed E-state index contributed by atoms with van der Waals surface area (Å²) >= 11 is 0. The van der Waals surface area contributed by atoms with Crippen LogP contribution in [0.25, 0.3) is 0 Å². The van der Waals surface area contributed by atoms with Crippen molar-refractivity contribution in [2.45, 2.75) is 20.8 Å². The molecule has 9 heteroatoms. The highest BCUT2D eigenvalue weighted by Crippen LogP contribution is 2.25. The average Bonchev–Trinajstić information content (AvgIpc) is 2.65. The molecular weight excluding hydrogens is 376 g/mol. The molecule has 0 bridgehead atoms. The Morgan fingerprint density at radius 1 is 0.828 bits per heavy atom. The fourth-order valence-electron chi connectivity index (χ4n) is 2.35. The zero-order chi connectivity index (χ0) is 21.2. The lowest BCUT2D eigenvalue weighted by Gasteiger charge is -2.22. The fourth-order valence-corrected chi connectivity index (χ4v) is 2.35. The van der Waals surface area contributed by atoms with Gasteiger partial charge >= 0.3 is 0 Å². The van der Waals surface area contributed by atoms with Crippen LogP contribution in [-0.2, 0) is 14.4 Å². The van der Waals surface area contributed by atoms with Crippen LogP contribution < -0.4 is 25.8 Å². The van der Waals surface area contributed by atoms with E-state index in [1.807, 2.05) is 0 Å². The third-order valence-corrected chi connectivity index (χ3v) is 3.55. The molecule has 0 spiro atoms. The molecule has 0 aliphatic carbocycles. The zero-order valence-corrected chi connectivity index (χ0v) is 16.5. The van der Waals surface area contributed by atoms with Gasteiger partial charge in [-0.05, 0) is 24.3 Å². The molecule has 9 nitrogen and oxygen atoms in total. The molecule has 2 aromatic rings. The summed E-state index contributed by atoms with van der Waals surface area (Å²) in [7, 11) is 0. The van der Waals surface area contributed by atoms with Crippen molar-refractivity contribution in [3.05, 3.63) is 48.5 Å². The minimum atomic E-state index is -0.317. The molecule has 0 unspecified atom stereocenters. The van der Waals surface area contributed by atoms with Crippen molar-refractivity contribution >= 4 is 29.1 Å². The molecule has 0 aliphatic heterocycles. The van der Waals surface area contributed by atoms with Gasteiger partial charge in [0.25, 0.3) is 5.91 Å². The normalized spacial score (nSPS) is 10.0. The van der Waals surface area contributed by atoms with Crippen molar-refractivity contribution in [1.82, 2.24) is 10.5 Å². The quantitative estimate of drug-likeness (QED) is 0.440. The molecule has 0 aromatic heterocycles. The predicted molar refractivity (Wildman–Crippen MR) is 108 cm³/mol. The van der Waals surface area contributed by atoms with Crippen molar-refractivity contribution in [3.63, 3.8) is 0 Å². The van der Waals surface area contributed by atoms with Gasteiger partial charge in [-0.25, -0.2) is 0 Å². The van der Waals surface area contributed by atoms with Gasteiger partial charge in [-0.1, -0.05) is 24.3 Å². The molecule has 0 fully saturated rings. The Kier molecular flexibility index (Phi) is 7.99. The highest BCUT2D eigenvalue weighted by Gasteiger charge is 2.14. The first-order valence-corrected chi connectivity index (χ1v) is 8.96. The Balaban J connectivity index is 1.94. The number of hydrogen-bond acceptors (Lipinski definition) is 6. The highest BCUT2D eigenvalue weighted by molar-refractivity contribution is 5.90. The SMILES string of the molecule is CC(=O)Nc1ccccc1ONCCN(Oc1ccccc1NC(C)=O)C(C)=O. The third-order valence-electron chi connectivity index (χ3n) is 3.55. The standard InChI is InChI=1S/C20H24N4O5/c1-14(25)22-17-8-4-6-10-19(17)28-21-12-13-24(16(3)27)29-20-11-7-5-9-18(20)23-15(2)26/h4-11,21H,12-13H2,1-3H3,(H,22,25)(H,23,26). The molecule has 0 heterocycles. The minimum absolute atomic E-state index is 0.173. The van der Waals surface area contributed by atoms with Gasteiger partial charge in [0.1, 0.15) is 0 Å². The number of nitrogens with zero attached hydrogens (tertiary/aromatic N) is 1. The van der Waals surface area contributed by atoms with E-state index in [4.69, 9.17) is 9.68 Å². The van der Waals surface area contributed by atoms with Crippen molar-refractivity contribution in [2.24, 2.45) is 0 Å². The number of anilines is 2. The van der Waals surface area contributed by atoms with E-state index < -0.39 is 0 Å². The Labute approximate surface area is 168 Å². The monoisotopic (exact) mass is 400 g/mol. The van der Waals surface area contributed by atoms with E-state index in [1.54, 1.807) is 48.5 Å². The van der Waals surface area contributed by atoms with E-state index in [1.165, 1.54) is 20.8 Å². The predicted octanol–water partition coefficient (Wildman–Crippen LogP) is 2.33. The Hall–Kier alpha value is -3.59. The van der Waals surface area contributed by atoms with Crippen LogP contribution in [0.4, 0.5) is 11.4 Å². The molecule has 0 aliphatic rings. The molecule has 2 rings (SSSR count). The molecule has 29 heavy (non-hydrogen) atoms. The molecule has 3 amide bonds. The first kappa shape index (κ1) is 21.7. The summed E-state index contributed by atoms with van der Waals surface area (Å²) in [5.41, 5.74) is 3.72. The van der Waals surface area contributed by atoms with E-state index in [-0.39, 0.29) is 30.8 Å². The topological polar surface area (TPSA) is 109 Å². The van der Waals surface area contributed by atoms with Crippen molar-refractivity contribution in [2.75, 3.05) is 23.7 Å². The van der Waals surface area contributed by atoms with Crippen LogP contribution in [0.15, 0.2) is 48.5 Å². The maximum Gasteiger partial charge on any atom is 0.252 e. The average molecular weight is 400 g/mol. The molecule has 0 atom stereocenters. The summed E-state index contributed by atoms with van der Waals surface area (Å²) < 4.78 is 0. The van der Waals surface area contributed by atoms with E-state index >= 15 is 0 Å². The lowest BCUT2D eigenvalue weighted by molar-refractivity contribution is -0.154. The Morgan fingerprint density at radius 3 is 1.90 bits per heavy atom. The van der Waals surface area contributed by atoms with E-state index in [9.17, 15) is 14.4 Å². The Bertz CT molecular complexity index is 871. The molecule has 0 saturated heterocycles. The second-order valence-electron chi connectivity index (χ2n) is 6.06. The van der Waals surface area contributed by atoms with Gasteiger partial charge in [0, 0.05) is 20.8 Å². The number of para-hydroxylation sites is 4. The van der Waals surface area contributed by atoms with Gasteiger partial charge in [0.05, 0.1) is 24.5 Å². The lowest BCUT2D eigenvalue weighted by atomic mass is 10.3. The summed E-state index contributed by atoms with van der Waals surface area (Å²) in [6.07, 6.45) is 0. The molecule has 154 valence electrons. The summed E-state index contributed by atoms with van der Waals surface area (Å²) in [6, 6.07) is 13.8. The number of carbonyl (C=O) groups is 3. The van der Waals surface area contributed by atoms with Crippen molar-refractivity contribution < 1.29 is 24.1 Å². The van der Waals surface area contributed by atoms with Crippen LogP contribution in [0, 0.1) is 0 Å². The number of benzene rings is 2. The van der Waals surface area contributed by atoms with Gasteiger partial charge < -0.3 is 20.3 Å². The van der Waals surface area contributed by atoms with Crippen LogP contribution in [0.2, 0.25) is 0 Å². The minimum Gasteiger partial charge on any atom is -0.406 e. The van der Waals surface area contributed by atoms with Gasteiger partial charge in [-0.15, -0.1) is 0 Å². The Morgan fingerprint density at radius 2 is 1.34 bits per heavy atom. The number of amides is 3. The van der Waals surface area contributed by atoms with Crippen molar-refractivity contribution in [1.29, 1.82) is 0 Å². The first-order chi connectivity index (χ1) is 13.9. The van der Waals surface area contributed by atoms with Gasteiger partial charge in [-0.3, -0.25) is 14.4 Å². The first-order valence-electron chi connectivity index (χ1n) is 8.96. The van der Waals surface area contributed by atoms with E-state index in [0.29, 0.717) is 22.9 Å². The van der Waals surface area contributed by atoms with Gasteiger partial charge in [-0.2, -0.15) is 10.5 Å². The number of carbonyl (C=O) groups excluding carboxylic acids is 3. The maximum absolute atomic E-state index is 11.9. The van der Waals surface area contributed by atoms with Gasteiger partial charge in [0.15, 0.2) is 11.5 Å². The zero-order valence-electron chi connectivity index (χ0n) is 16.5. The molecular formula is C20H24N4O5. The van der Waals surface area contributed by atoms with Crippen molar-refractivity contribution in [3.8, 4) is 11.5 Å². The largest absolute Gasteiger partial charge is 0.406 e. The van der Waals surface area contributed by atoms with Crippen LogP contribution >= 0.6 is 0 Å². The van der Waals surface area contributed by atoms with Crippen LogP contribution in [0.5, 0.6) is 11.5 Å². The molecule has 3 N–H and O–H groups in total. The molecule has 0 radical (unpaired) electrons. The number of hydrogen-bond donors (Lipinski definition) is 3. The summed E-state index contributed by atoms with van der Waals surface area (Å²) in [5.74, 6) is 0.00487. The maximum atomic E-state index is 11.9. The second-order valence-corrected chi connectivity index (χ2v) is 6.06. The highest BCUT2D eigenvalue weighted by atomic mass is 16.7. The van der Waals surface area contributed by atoms with Crippen LogP contribution in [0.1, 0.15) is 20.8 Å². The summed E-state index contributed by atoms with van der Waals surface area (Å²) in [5, 5.41) is 6.47. The molecule has 2 aromatic carbocycles. The van der Waals surface area contributed by atoms with E-state index in [2.05, 4.69) is 16.1 Å². The van der Waals surface area contributed by atoms with E-state index in [0.717, 1.165) is 5.06 Å². The van der Waals surface area contributed by atoms with Crippen LogP contribution in [0.3, 0.4) is 0 Å². The fraction of sp³-hybridized carbons (Fsp3) is 0.250. The smallest absolute Gasteiger partial charge is 0.252 e. The number of nitrogens with one attached hydrogen (secondary N) is 3. The third kappa shape index (κ3) is 7.15.